The number of aromatic nitrogens is 2. The Morgan fingerprint density at radius 2 is 1.75 bits per heavy atom. The van der Waals surface area contributed by atoms with E-state index in [1.54, 1.807) is 24.3 Å². The molecule has 0 spiro atoms. The normalized spacial score (nSPS) is 17.8. The van der Waals surface area contributed by atoms with Gasteiger partial charge in [0.1, 0.15) is 0 Å². The monoisotopic (exact) mass is 283 g/mol. The number of hydrogen-bond acceptors (Lipinski definition) is 2. The molecule has 20 heavy (non-hydrogen) atoms. The van der Waals surface area contributed by atoms with E-state index in [9.17, 15) is 13.2 Å². The molecule has 1 aliphatic heterocycles. The predicted molar refractivity (Wildman–Crippen MR) is 70.2 cm³/mol. The number of nitrogens with zero attached hydrogens (tertiary/aromatic N) is 3. The number of piperidine rings is 1. The zero-order valence-electron chi connectivity index (χ0n) is 11.0. The Morgan fingerprint density at radius 1 is 1.05 bits per heavy atom. The molecule has 0 N–H and O–H groups in total. The van der Waals surface area contributed by atoms with Gasteiger partial charge in [-0.3, -0.25) is 4.90 Å². The van der Waals surface area contributed by atoms with Crippen molar-refractivity contribution in [3.05, 3.63) is 30.1 Å². The van der Waals surface area contributed by atoms with Crippen molar-refractivity contribution >= 4 is 11.0 Å². The lowest BCUT2D eigenvalue weighted by atomic mass is 10.1. The molecule has 0 radical (unpaired) electrons. The van der Waals surface area contributed by atoms with Gasteiger partial charge in [0.25, 0.3) is 0 Å². The van der Waals surface area contributed by atoms with Gasteiger partial charge in [0.15, 0.2) is 0 Å². The van der Waals surface area contributed by atoms with E-state index in [1.165, 1.54) is 4.57 Å². The van der Waals surface area contributed by atoms with E-state index in [2.05, 4.69) is 9.88 Å². The summed E-state index contributed by atoms with van der Waals surface area (Å²) in [5.74, 6) is -0.802. The van der Waals surface area contributed by atoms with Crippen molar-refractivity contribution in [1.29, 1.82) is 0 Å². The van der Waals surface area contributed by atoms with Crippen LogP contribution in [0.15, 0.2) is 24.3 Å². The van der Waals surface area contributed by atoms with Gasteiger partial charge in [0.2, 0.25) is 5.82 Å². The topological polar surface area (TPSA) is 21.1 Å². The van der Waals surface area contributed by atoms with E-state index in [0.717, 1.165) is 32.4 Å². The number of imidazole rings is 1. The largest absolute Gasteiger partial charge is 0.449 e. The fraction of sp³-hybridized carbons (Fsp3) is 0.500. The standard InChI is InChI=1S/C14H16F3N3/c15-14(16,17)13-18-11-6-2-3-7-12(11)20(13)10-19-8-4-1-5-9-19/h2-3,6-7H,1,4-5,8-10H2. The maximum absolute atomic E-state index is 13.1. The predicted octanol–water partition coefficient (Wildman–Crippen LogP) is 3.50. The zero-order valence-corrected chi connectivity index (χ0v) is 11.0. The van der Waals surface area contributed by atoms with Crippen LogP contribution in [0.25, 0.3) is 11.0 Å². The van der Waals surface area contributed by atoms with Gasteiger partial charge in [0, 0.05) is 0 Å². The molecule has 2 aromatic rings. The number of benzene rings is 1. The lowest BCUT2D eigenvalue weighted by molar-refractivity contribution is -0.147. The highest BCUT2D eigenvalue weighted by Crippen LogP contribution is 2.31. The highest BCUT2D eigenvalue weighted by atomic mass is 19.4. The molecular weight excluding hydrogens is 267 g/mol. The Morgan fingerprint density at radius 3 is 2.45 bits per heavy atom. The first-order valence-electron chi connectivity index (χ1n) is 6.80. The molecule has 1 fully saturated rings. The summed E-state index contributed by atoms with van der Waals surface area (Å²) in [4.78, 5) is 5.82. The minimum Gasteiger partial charge on any atom is -0.307 e. The van der Waals surface area contributed by atoms with E-state index >= 15 is 0 Å². The molecule has 0 aliphatic carbocycles. The van der Waals surface area contributed by atoms with Crippen molar-refractivity contribution in [1.82, 2.24) is 14.5 Å². The summed E-state index contributed by atoms with van der Waals surface area (Å²) in [6, 6.07) is 6.77. The minimum absolute atomic E-state index is 0.259. The molecule has 6 heteroatoms. The SMILES string of the molecule is FC(F)(F)c1nc2ccccc2n1CN1CCCCC1. The fourth-order valence-corrected chi connectivity index (χ4v) is 2.74. The van der Waals surface area contributed by atoms with Crippen molar-refractivity contribution in [3.63, 3.8) is 0 Å². The molecule has 108 valence electrons. The molecule has 1 saturated heterocycles. The number of alkyl halides is 3. The summed E-state index contributed by atoms with van der Waals surface area (Å²) >= 11 is 0. The van der Waals surface area contributed by atoms with E-state index in [-0.39, 0.29) is 6.67 Å². The summed E-state index contributed by atoms with van der Waals surface area (Å²) in [5, 5.41) is 0. The first kappa shape index (κ1) is 13.4. The van der Waals surface area contributed by atoms with Crippen molar-refractivity contribution in [3.8, 4) is 0 Å². The number of likely N-dealkylation sites (tertiary alicyclic amines) is 1. The van der Waals surface area contributed by atoms with E-state index in [0.29, 0.717) is 11.0 Å². The van der Waals surface area contributed by atoms with Gasteiger partial charge in [-0.05, 0) is 38.1 Å². The van der Waals surface area contributed by atoms with Crippen LogP contribution in [0.3, 0.4) is 0 Å². The first-order valence-corrected chi connectivity index (χ1v) is 6.80. The highest BCUT2D eigenvalue weighted by molar-refractivity contribution is 5.76. The van der Waals surface area contributed by atoms with Gasteiger partial charge >= 0.3 is 6.18 Å². The van der Waals surface area contributed by atoms with Gasteiger partial charge in [-0.2, -0.15) is 13.2 Å². The lowest BCUT2D eigenvalue weighted by Crippen LogP contribution is -2.33. The molecule has 2 heterocycles. The van der Waals surface area contributed by atoms with Crippen LogP contribution in [0.1, 0.15) is 25.1 Å². The maximum atomic E-state index is 13.1. The van der Waals surface area contributed by atoms with E-state index in [1.807, 2.05) is 0 Å². The van der Waals surface area contributed by atoms with Gasteiger partial charge in [-0.15, -0.1) is 0 Å². The van der Waals surface area contributed by atoms with Crippen molar-refractivity contribution in [2.24, 2.45) is 0 Å². The van der Waals surface area contributed by atoms with Crippen molar-refractivity contribution in [2.75, 3.05) is 13.1 Å². The average molecular weight is 283 g/mol. The minimum atomic E-state index is -4.42. The summed E-state index contributed by atoms with van der Waals surface area (Å²) in [5.41, 5.74) is 0.947. The highest BCUT2D eigenvalue weighted by Gasteiger charge is 2.37. The third kappa shape index (κ3) is 2.52. The summed E-state index contributed by atoms with van der Waals surface area (Å²) < 4.78 is 40.7. The van der Waals surface area contributed by atoms with Crippen LogP contribution < -0.4 is 0 Å². The molecule has 1 aliphatic rings. The summed E-state index contributed by atoms with van der Waals surface area (Å²) in [7, 11) is 0. The van der Waals surface area contributed by atoms with Crippen LogP contribution in [-0.4, -0.2) is 27.5 Å². The Kier molecular flexibility index (Phi) is 3.41. The van der Waals surface area contributed by atoms with Gasteiger partial charge < -0.3 is 4.57 Å². The number of fused-ring (bicyclic) bond motifs is 1. The molecule has 1 aromatic carbocycles. The van der Waals surface area contributed by atoms with Crippen molar-refractivity contribution < 1.29 is 13.2 Å². The first-order chi connectivity index (χ1) is 9.55. The second kappa shape index (κ2) is 5.09. The molecule has 0 bridgehead atoms. The van der Waals surface area contributed by atoms with Crippen molar-refractivity contribution in [2.45, 2.75) is 32.1 Å². The maximum Gasteiger partial charge on any atom is 0.449 e. The number of para-hydroxylation sites is 2. The second-order valence-corrected chi connectivity index (χ2v) is 5.17. The Hall–Kier alpha value is -1.56. The van der Waals surface area contributed by atoms with Gasteiger partial charge in [-0.25, -0.2) is 4.98 Å². The fourth-order valence-electron chi connectivity index (χ4n) is 2.74. The van der Waals surface area contributed by atoms with Crippen LogP contribution in [0.5, 0.6) is 0 Å². The number of rotatable bonds is 2. The molecular formula is C14H16F3N3. The average Bonchev–Trinajstić information content (AvgIpc) is 2.79. The molecule has 0 saturated carbocycles. The quantitative estimate of drug-likeness (QED) is 0.841. The molecule has 0 amide bonds. The Bertz CT molecular complexity index is 597. The van der Waals surface area contributed by atoms with E-state index < -0.39 is 12.0 Å². The van der Waals surface area contributed by atoms with Crippen LogP contribution in [0, 0.1) is 0 Å². The summed E-state index contributed by atoms with van der Waals surface area (Å²) in [6.07, 6.45) is -1.16. The number of hydrogen-bond donors (Lipinski definition) is 0. The third-order valence-electron chi connectivity index (χ3n) is 3.70. The van der Waals surface area contributed by atoms with Crippen LogP contribution >= 0.6 is 0 Å². The van der Waals surface area contributed by atoms with Crippen LogP contribution in [-0.2, 0) is 12.8 Å². The Labute approximate surface area is 115 Å². The number of halogens is 3. The van der Waals surface area contributed by atoms with Crippen LogP contribution in [0.4, 0.5) is 13.2 Å². The smallest absolute Gasteiger partial charge is 0.307 e. The zero-order chi connectivity index (χ0) is 14.2. The van der Waals surface area contributed by atoms with Crippen LogP contribution in [0.2, 0.25) is 0 Å². The van der Waals surface area contributed by atoms with E-state index in [4.69, 9.17) is 0 Å². The molecule has 1 aromatic heterocycles. The lowest BCUT2D eigenvalue weighted by Gasteiger charge is -2.27. The molecule has 3 rings (SSSR count). The molecule has 0 unspecified atom stereocenters. The third-order valence-corrected chi connectivity index (χ3v) is 3.70. The van der Waals surface area contributed by atoms with Gasteiger partial charge in [-0.1, -0.05) is 18.6 Å². The Balaban J connectivity index is 2.01. The second-order valence-electron chi connectivity index (χ2n) is 5.17. The summed E-state index contributed by atoms with van der Waals surface area (Å²) in [6.45, 7) is 1.96. The van der Waals surface area contributed by atoms with Gasteiger partial charge in [0.05, 0.1) is 17.7 Å². The molecule has 3 nitrogen and oxygen atoms in total. The molecule has 0 atom stereocenters.